The van der Waals surface area contributed by atoms with E-state index >= 15 is 0 Å². The molecule has 3 aliphatic rings. The Morgan fingerprint density at radius 2 is 1.73 bits per heavy atom. The summed E-state index contributed by atoms with van der Waals surface area (Å²) in [7, 11) is 0. The van der Waals surface area contributed by atoms with Crippen LogP contribution in [0.3, 0.4) is 0 Å². The zero-order valence-electron chi connectivity index (χ0n) is 22.3. The molecule has 3 aliphatic heterocycles. The molecule has 0 aliphatic carbocycles. The quantitative estimate of drug-likeness (QED) is 0.468. The third-order valence-corrected chi connectivity index (χ3v) is 9.11. The third-order valence-electron chi connectivity index (χ3n) is 7.87. The number of piperazine rings is 1. The van der Waals surface area contributed by atoms with Gasteiger partial charge in [0.25, 0.3) is 0 Å². The van der Waals surface area contributed by atoms with Crippen molar-refractivity contribution in [2.24, 2.45) is 0 Å². The van der Waals surface area contributed by atoms with E-state index in [2.05, 4.69) is 15.2 Å². The Kier molecular flexibility index (Phi) is 7.30. The van der Waals surface area contributed by atoms with Crippen LogP contribution in [0.2, 0.25) is 0 Å². The summed E-state index contributed by atoms with van der Waals surface area (Å²) in [4.78, 5) is 22.7. The average molecular weight is 578 g/mol. The second-order valence-corrected chi connectivity index (χ2v) is 11.9. The van der Waals surface area contributed by atoms with Gasteiger partial charge < -0.3 is 15.0 Å². The SMILES string of the molecule is C[C@@H]1CN(c2nc(=O)n3c4c(c(-c5ccc(F)cc5)c(C(F)(F)F)cc24)SC[C@@H](N2CCOCC2)C3)C[C@H](C)N1. The normalized spacial score (nSPS) is 24.4. The fraction of sp³-hybridized carbons (Fsp3) is 0.500. The molecular formula is C28H31F4N5O2S. The van der Waals surface area contributed by atoms with Gasteiger partial charge >= 0.3 is 11.9 Å². The molecule has 3 aromatic rings. The summed E-state index contributed by atoms with van der Waals surface area (Å²) >= 11 is 1.33. The molecule has 2 saturated heterocycles. The lowest BCUT2D eigenvalue weighted by molar-refractivity contribution is -0.137. The lowest BCUT2D eigenvalue weighted by Crippen LogP contribution is -2.55. The van der Waals surface area contributed by atoms with Gasteiger partial charge in [0.15, 0.2) is 0 Å². The van der Waals surface area contributed by atoms with Gasteiger partial charge in [-0.2, -0.15) is 18.2 Å². The predicted molar refractivity (Wildman–Crippen MR) is 148 cm³/mol. The molecule has 0 radical (unpaired) electrons. The number of nitrogens with one attached hydrogen (secondary N) is 1. The molecule has 0 spiro atoms. The van der Waals surface area contributed by atoms with E-state index in [4.69, 9.17) is 4.74 Å². The minimum absolute atomic E-state index is 0.0278. The number of morpholine rings is 1. The van der Waals surface area contributed by atoms with Gasteiger partial charge in [-0.15, -0.1) is 11.8 Å². The van der Waals surface area contributed by atoms with E-state index in [-0.39, 0.29) is 35.1 Å². The Morgan fingerprint density at radius 1 is 1.05 bits per heavy atom. The number of alkyl halides is 3. The van der Waals surface area contributed by atoms with Crippen LogP contribution in [0.25, 0.3) is 22.0 Å². The van der Waals surface area contributed by atoms with Crippen molar-refractivity contribution in [1.82, 2.24) is 19.8 Å². The molecule has 2 fully saturated rings. The first-order valence-corrected chi connectivity index (χ1v) is 14.5. The van der Waals surface area contributed by atoms with Crippen LogP contribution in [0.15, 0.2) is 40.0 Å². The van der Waals surface area contributed by atoms with Crippen molar-refractivity contribution in [3.8, 4) is 11.1 Å². The molecule has 7 nitrogen and oxygen atoms in total. The van der Waals surface area contributed by atoms with Crippen molar-refractivity contribution in [2.45, 2.75) is 49.6 Å². The number of anilines is 1. The summed E-state index contributed by atoms with van der Waals surface area (Å²) < 4.78 is 65.3. The molecule has 3 atom stereocenters. The van der Waals surface area contributed by atoms with Gasteiger partial charge in [0, 0.05) is 72.4 Å². The maximum atomic E-state index is 14.8. The highest BCUT2D eigenvalue weighted by atomic mass is 32.2. The largest absolute Gasteiger partial charge is 0.417 e. The molecule has 4 heterocycles. The summed E-state index contributed by atoms with van der Waals surface area (Å²) in [6.45, 7) is 7.82. The number of halogens is 4. The molecule has 12 heteroatoms. The number of ether oxygens (including phenoxy) is 1. The Morgan fingerprint density at radius 3 is 2.38 bits per heavy atom. The van der Waals surface area contributed by atoms with Crippen LogP contribution in [0.4, 0.5) is 23.4 Å². The van der Waals surface area contributed by atoms with E-state index in [1.807, 2.05) is 18.7 Å². The first kappa shape index (κ1) is 27.5. The third kappa shape index (κ3) is 5.10. The smallest absolute Gasteiger partial charge is 0.379 e. The highest BCUT2D eigenvalue weighted by molar-refractivity contribution is 7.99. The maximum Gasteiger partial charge on any atom is 0.417 e. The zero-order valence-corrected chi connectivity index (χ0v) is 23.1. The molecule has 214 valence electrons. The fourth-order valence-electron chi connectivity index (χ4n) is 6.18. The number of rotatable bonds is 3. The van der Waals surface area contributed by atoms with Crippen LogP contribution in [-0.4, -0.2) is 77.7 Å². The van der Waals surface area contributed by atoms with Crippen LogP contribution in [-0.2, 0) is 17.5 Å². The zero-order chi connectivity index (χ0) is 28.2. The number of thioether (sulfide) groups is 1. The topological polar surface area (TPSA) is 62.6 Å². The molecule has 0 saturated carbocycles. The molecule has 6 rings (SSSR count). The van der Waals surface area contributed by atoms with E-state index in [9.17, 15) is 22.4 Å². The number of nitrogens with zero attached hydrogens (tertiary/aromatic N) is 4. The highest BCUT2D eigenvalue weighted by Crippen LogP contribution is 2.48. The lowest BCUT2D eigenvalue weighted by atomic mass is 9.96. The van der Waals surface area contributed by atoms with Crippen molar-refractivity contribution in [3.05, 3.63) is 52.2 Å². The summed E-state index contributed by atoms with van der Waals surface area (Å²) in [5, 5.41) is 3.74. The number of benzene rings is 2. The van der Waals surface area contributed by atoms with Crippen molar-refractivity contribution in [2.75, 3.05) is 50.0 Å². The fourth-order valence-corrected chi connectivity index (χ4v) is 7.58. The maximum absolute atomic E-state index is 14.8. The van der Waals surface area contributed by atoms with Gasteiger partial charge in [-0.25, -0.2) is 9.18 Å². The molecule has 40 heavy (non-hydrogen) atoms. The first-order chi connectivity index (χ1) is 19.1. The monoisotopic (exact) mass is 577 g/mol. The second kappa shape index (κ2) is 10.6. The van der Waals surface area contributed by atoms with E-state index in [1.54, 1.807) is 4.57 Å². The standard InChI is InChI=1S/C28H31F4N5O2S/c1-16-12-36(13-17(2)33-16)26-21-11-22(28(30,31)32)23(18-3-5-19(29)6-4-18)25-24(21)37(27(38)34-26)14-20(15-40-25)35-7-9-39-10-8-35/h3-6,11,16-17,20,33H,7-10,12-15H2,1-2H3/t16-,17+,20-/m0/s1. The van der Waals surface area contributed by atoms with Gasteiger partial charge in [-0.05, 0) is 37.6 Å². The van der Waals surface area contributed by atoms with Gasteiger partial charge in [0.1, 0.15) is 11.6 Å². The molecule has 0 bridgehead atoms. The minimum atomic E-state index is -4.69. The summed E-state index contributed by atoms with van der Waals surface area (Å²) in [6.07, 6.45) is -4.69. The Hall–Kier alpha value is -2.67. The van der Waals surface area contributed by atoms with Crippen LogP contribution >= 0.6 is 11.8 Å². The van der Waals surface area contributed by atoms with Crippen molar-refractivity contribution in [1.29, 1.82) is 0 Å². The van der Waals surface area contributed by atoms with Gasteiger partial charge in [0.05, 0.1) is 24.3 Å². The van der Waals surface area contributed by atoms with Crippen molar-refractivity contribution < 1.29 is 22.3 Å². The van der Waals surface area contributed by atoms with Crippen LogP contribution < -0.4 is 15.9 Å². The number of hydrogen-bond acceptors (Lipinski definition) is 7. The molecule has 1 aromatic heterocycles. The highest BCUT2D eigenvalue weighted by Gasteiger charge is 2.39. The Labute approximate surface area is 233 Å². The van der Waals surface area contributed by atoms with Crippen LogP contribution in [0.5, 0.6) is 0 Å². The van der Waals surface area contributed by atoms with Crippen molar-refractivity contribution >= 4 is 28.5 Å². The Balaban J connectivity index is 1.64. The second-order valence-electron chi connectivity index (χ2n) is 10.8. The van der Waals surface area contributed by atoms with E-state index < -0.39 is 23.2 Å². The van der Waals surface area contributed by atoms with E-state index in [1.165, 1.54) is 36.0 Å². The summed E-state index contributed by atoms with van der Waals surface area (Å²) in [5.74, 6) is 0.233. The summed E-state index contributed by atoms with van der Waals surface area (Å²) in [6, 6.07) is 6.26. The number of aromatic nitrogens is 2. The molecular weight excluding hydrogens is 546 g/mol. The van der Waals surface area contributed by atoms with E-state index in [0.29, 0.717) is 67.5 Å². The number of hydrogen-bond donors (Lipinski definition) is 1. The van der Waals surface area contributed by atoms with Gasteiger partial charge in [-0.3, -0.25) is 9.47 Å². The van der Waals surface area contributed by atoms with Gasteiger partial charge in [0.2, 0.25) is 0 Å². The predicted octanol–water partition coefficient (Wildman–Crippen LogP) is 4.21. The first-order valence-electron chi connectivity index (χ1n) is 13.5. The minimum Gasteiger partial charge on any atom is -0.379 e. The van der Waals surface area contributed by atoms with Crippen LogP contribution in [0, 0.1) is 5.82 Å². The molecule has 2 aromatic carbocycles. The van der Waals surface area contributed by atoms with Crippen LogP contribution in [0.1, 0.15) is 19.4 Å². The van der Waals surface area contributed by atoms with Crippen molar-refractivity contribution in [3.63, 3.8) is 0 Å². The lowest BCUT2D eigenvalue weighted by Gasteiger charge is -2.37. The average Bonchev–Trinajstić information content (AvgIpc) is 3.12. The van der Waals surface area contributed by atoms with Gasteiger partial charge in [-0.1, -0.05) is 12.1 Å². The molecule has 0 amide bonds. The molecule has 1 N–H and O–H groups in total. The van der Waals surface area contributed by atoms with E-state index in [0.717, 1.165) is 6.07 Å². The summed E-state index contributed by atoms with van der Waals surface area (Å²) in [5.41, 5.74) is -0.608. The Bertz CT molecular complexity index is 1460. The molecule has 0 unspecified atom stereocenters.